The highest BCUT2D eigenvalue weighted by molar-refractivity contribution is 7.89. The molecule has 0 radical (unpaired) electrons. The van der Waals surface area contributed by atoms with Gasteiger partial charge >= 0.3 is 0 Å². The van der Waals surface area contributed by atoms with E-state index < -0.39 is 20.3 Å². The number of nitrogens with zero attached hydrogens (tertiary/aromatic N) is 2. The molecule has 2 heterocycles. The van der Waals surface area contributed by atoms with Gasteiger partial charge < -0.3 is 5.32 Å². The first-order chi connectivity index (χ1) is 11.3. The lowest BCUT2D eigenvalue weighted by atomic mass is 10.0. The lowest BCUT2D eigenvalue weighted by Gasteiger charge is -2.31. The van der Waals surface area contributed by atoms with Crippen LogP contribution in [0.5, 0.6) is 0 Å². The van der Waals surface area contributed by atoms with Crippen molar-refractivity contribution in [3.05, 3.63) is 22.8 Å². The predicted octanol–water partition coefficient (Wildman–Crippen LogP) is 2.63. The van der Waals surface area contributed by atoms with E-state index in [1.54, 1.807) is 0 Å². The van der Waals surface area contributed by atoms with Crippen LogP contribution in [0.4, 0.5) is 5.69 Å². The van der Waals surface area contributed by atoms with Crippen LogP contribution in [-0.2, 0) is 32.2 Å². The van der Waals surface area contributed by atoms with Gasteiger partial charge in [-0.3, -0.25) is 9.69 Å². The number of hydrogen-bond acceptors (Lipinski definition) is 4. The van der Waals surface area contributed by atoms with E-state index in [4.69, 9.17) is 23.2 Å². The van der Waals surface area contributed by atoms with Gasteiger partial charge in [-0.25, -0.2) is 12.7 Å². The summed E-state index contributed by atoms with van der Waals surface area (Å²) in [5.41, 5.74) is 2.13. The molecule has 6 nitrogen and oxygen atoms in total. The first-order valence-corrected chi connectivity index (χ1v) is 10.0. The van der Waals surface area contributed by atoms with Gasteiger partial charge in [0.1, 0.15) is 0 Å². The zero-order valence-corrected chi connectivity index (χ0v) is 17.1. The molecule has 25 heavy (non-hydrogen) atoms. The normalized spacial score (nSPS) is 19.9. The highest BCUT2D eigenvalue weighted by Gasteiger charge is 2.48. The minimum Gasteiger partial charge on any atom is -0.322 e. The molecule has 0 unspecified atom stereocenters. The minimum atomic E-state index is -3.71. The molecule has 1 amide bonds. The summed E-state index contributed by atoms with van der Waals surface area (Å²) < 4.78 is 25.1. The van der Waals surface area contributed by atoms with Crippen LogP contribution in [0.3, 0.4) is 0 Å². The summed E-state index contributed by atoms with van der Waals surface area (Å²) in [6.45, 7) is 7.17. The Labute approximate surface area is 158 Å². The molecule has 0 aromatic heterocycles. The van der Waals surface area contributed by atoms with Crippen LogP contribution >= 0.6 is 23.2 Å². The number of carbonyl (C=O) groups is 1. The summed E-state index contributed by atoms with van der Waals surface area (Å²) in [4.78, 5) is 14.5. The average Bonchev–Trinajstić information content (AvgIpc) is 2.99. The van der Waals surface area contributed by atoms with Crippen molar-refractivity contribution in [2.24, 2.45) is 0 Å². The van der Waals surface area contributed by atoms with Crippen LogP contribution in [0.25, 0.3) is 0 Å². The number of nitrogens with one attached hydrogen (secondary N) is 1. The lowest BCUT2D eigenvalue weighted by molar-refractivity contribution is -0.116. The van der Waals surface area contributed by atoms with E-state index in [9.17, 15) is 13.2 Å². The Kier molecular flexibility index (Phi) is 4.21. The molecule has 0 spiro atoms. The molecule has 138 valence electrons. The number of fused-ring (bicyclic) bond motifs is 3. The Morgan fingerprint density at radius 1 is 1.20 bits per heavy atom. The molecule has 1 aromatic rings. The molecule has 2 aliphatic rings. The van der Waals surface area contributed by atoms with Crippen molar-refractivity contribution >= 4 is 44.8 Å². The van der Waals surface area contributed by atoms with Crippen LogP contribution in [0.1, 0.15) is 37.5 Å². The molecule has 0 aliphatic carbocycles. The second-order valence-corrected chi connectivity index (χ2v) is 11.0. The molecule has 0 saturated heterocycles. The molecule has 0 bridgehead atoms. The summed E-state index contributed by atoms with van der Waals surface area (Å²) in [7, 11) is -0.759. The second-order valence-electron chi connectivity index (χ2n) is 7.60. The van der Waals surface area contributed by atoms with Crippen molar-refractivity contribution in [3.63, 3.8) is 0 Å². The highest BCUT2D eigenvalue weighted by atomic mass is 35.5. The fourth-order valence-electron chi connectivity index (χ4n) is 3.14. The van der Waals surface area contributed by atoms with Crippen molar-refractivity contribution in [1.29, 1.82) is 0 Å². The summed E-state index contributed by atoms with van der Waals surface area (Å²) in [6, 6.07) is 1.44. The second kappa shape index (κ2) is 5.57. The molecular weight excluding hydrogens is 385 g/mol. The maximum absolute atomic E-state index is 12.9. The first-order valence-electron chi connectivity index (χ1n) is 7.84. The van der Waals surface area contributed by atoms with Gasteiger partial charge in [-0.15, -0.1) is 0 Å². The predicted molar refractivity (Wildman–Crippen MR) is 98.3 cm³/mol. The van der Waals surface area contributed by atoms with Crippen LogP contribution in [-0.4, -0.2) is 43.2 Å². The Bertz CT molecular complexity index is 874. The number of rotatable bonds is 2. The Balaban J connectivity index is 2.30. The third-order valence-corrected chi connectivity index (χ3v) is 7.41. The molecule has 0 saturated carbocycles. The highest BCUT2D eigenvalue weighted by Crippen LogP contribution is 2.50. The largest absolute Gasteiger partial charge is 0.322 e. The van der Waals surface area contributed by atoms with Gasteiger partial charge in [-0.1, -0.05) is 23.2 Å². The van der Waals surface area contributed by atoms with Gasteiger partial charge in [-0.05, 0) is 38.0 Å². The van der Waals surface area contributed by atoms with Crippen molar-refractivity contribution in [2.75, 3.05) is 19.4 Å². The maximum atomic E-state index is 12.9. The number of anilines is 1. The van der Waals surface area contributed by atoms with Gasteiger partial charge in [0.2, 0.25) is 14.4 Å². The van der Waals surface area contributed by atoms with Gasteiger partial charge in [0.15, 0.2) is 0 Å². The molecule has 9 heteroatoms. The Morgan fingerprint density at radius 2 is 1.76 bits per heavy atom. The summed E-state index contributed by atoms with van der Waals surface area (Å²) >= 11 is 12.4. The van der Waals surface area contributed by atoms with E-state index in [0.717, 1.165) is 9.87 Å². The van der Waals surface area contributed by atoms with E-state index in [-0.39, 0.29) is 10.4 Å². The Hall–Kier alpha value is -0.860. The topological polar surface area (TPSA) is 69.7 Å². The molecule has 1 N–H and O–H groups in total. The van der Waals surface area contributed by atoms with E-state index in [1.165, 1.54) is 20.2 Å². The van der Waals surface area contributed by atoms with Gasteiger partial charge in [0.05, 0.1) is 10.6 Å². The molecule has 1 aromatic carbocycles. The lowest BCUT2D eigenvalue weighted by Crippen LogP contribution is -2.37. The molecule has 0 fully saturated rings. The summed E-state index contributed by atoms with van der Waals surface area (Å²) in [5, 5.41) is 2.73. The zero-order valence-electron chi connectivity index (χ0n) is 14.8. The van der Waals surface area contributed by atoms with Crippen molar-refractivity contribution in [1.82, 2.24) is 9.21 Å². The number of hydrogen-bond donors (Lipinski definition) is 1. The minimum absolute atomic E-state index is 0.153. The van der Waals surface area contributed by atoms with E-state index in [1.807, 2.05) is 0 Å². The third-order valence-electron chi connectivity index (χ3n) is 4.78. The van der Waals surface area contributed by atoms with Crippen molar-refractivity contribution in [2.45, 2.75) is 48.6 Å². The van der Waals surface area contributed by atoms with Crippen molar-refractivity contribution < 1.29 is 13.2 Å². The standard InChI is InChI=1S/C16H21Cl2N3O3S/c1-15(2,3)21-7-9-10(8-21)13-11(16(17,18)14(22)19-13)6-12(9)25(23,24)20(4)5/h6H,7-8H2,1-5H3,(H,19,22). The van der Waals surface area contributed by atoms with E-state index in [2.05, 4.69) is 31.0 Å². The third kappa shape index (κ3) is 2.77. The Morgan fingerprint density at radius 3 is 2.28 bits per heavy atom. The number of benzene rings is 1. The van der Waals surface area contributed by atoms with Crippen molar-refractivity contribution in [3.8, 4) is 0 Å². The van der Waals surface area contributed by atoms with E-state index in [0.29, 0.717) is 29.9 Å². The smallest absolute Gasteiger partial charge is 0.265 e. The van der Waals surface area contributed by atoms with Crippen LogP contribution < -0.4 is 5.32 Å². The molecule has 3 rings (SSSR count). The zero-order chi connectivity index (χ0) is 18.9. The fraction of sp³-hybridized carbons (Fsp3) is 0.562. The number of amides is 1. The van der Waals surface area contributed by atoms with Gasteiger partial charge in [0.25, 0.3) is 5.91 Å². The van der Waals surface area contributed by atoms with E-state index >= 15 is 0 Å². The number of sulfonamides is 1. The molecular formula is C16H21Cl2N3O3S. The fourth-order valence-corrected chi connectivity index (χ4v) is 4.70. The number of halogens is 2. The van der Waals surface area contributed by atoms with Gasteiger partial charge in [0, 0.05) is 38.3 Å². The summed E-state index contributed by atoms with van der Waals surface area (Å²) in [5.74, 6) is -0.554. The van der Waals surface area contributed by atoms with Crippen LogP contribution in [0.15, 0.2) is 11.0 Å². The first kappa shape index (κ1) is 18.9. The maximum Gasteiger partial charge on any atom is 0.265 e. The molecule has 2 aliphatic heterocycles. The number of alkyl halides is 2. The SMILES string of the molecule is CN(C)S(=O)(=O)c1cc2c(c3c1CN(C(C)(C)C)C3)NC(=O)C2(Cl)Cl. The van der Waals surface area contributed by atoms with Gasteiger partial charge in [-0.2, -0.15) is 0 Å². The number of carbonyl (C=O) groups excluding carboxylic acids is 1. The molecule has 0 atom stereocenters. The summed E-state index contributed by atoms with van der Waals surface area (Å²) in [6.07, 6.45) is 0. The van der Waals surface area contributed by atoms with Crippen LogP contribution in [0, 0.1) is 0 Å². The van der Waals surface area contributed by atoms with Crippen LogP contribution in [0.2, 0.25) is 0 Å². The quantitative estimate of drug-likeness (QED) is 0.767. The average molecular weight is 406 g/mol. The monoisotopic (exact) mass is 405 g/mol.